The molecule has 0 bridgehead atoms. The van der Waals surface area contributed by atoms with Gasteiger partial charge in [0.25, 0.3) is 11.8 Å². The van der Waals surface area contributed by atoms with E-state index in [0.29, 0.717) is 24.0 Å². The van der Waals surface area contributed by atoms with Crippen molar-refractivity contribution in [3.05, 3.63) is 47.0 Å². The Hall–Kier alpha value is -2.41. The Labute approximate surface area is 131 Å². The topological polar surface area (TPSA) is 81.2 Å². The van der Waals surface area contributed by atoms with Crippen molar-refractivity contribution in [2.45, 2.75) is 26.3 Å². The molecule has 114 valence electrons. The van der Waals surface area contributed by atoms with Gasteiger partial charge >= 0.3 is 0 Å². The zero-order valence-corrected chi connectivity index (χ0v) is 13.0. The van der Waals surface area contributed by atoms with Crippen molar-refractivity contribution < 1.29 is 13.7 Å². The van der Waals surface area contributed by atoms with Gasteiger partial charge in [0.2, 0.25) is 0 Å². The Bertz CT molecular complexity index is 759. The van der Waals surface area contributed by atoms with E-state index in [0.717, 1.165) is 9.75 Å². The molecule has 22 heavy (non-hydrogen) atoms. The van der Waals surface area contributed by atoms with Crippen LogP contribution in [0.4, 0.5) is 0 Å². The molecule has 0 saturated heterocycles. The molecule has 7 heteroatoms. The lowest BCUT2D eigenvalue weighted by atomic mass is 10.2. The summed E-state index contributed by atoms with van der Waals surface area (Å²) in [5.74, 6) is 1.49. The lowest BCUT2D eigenvalue weighted by Crippen LogP contribution is -2.21. The van der Waals surface area contributed by atoms with Gasteiger partial charge in [-0.1, -0.05) is 19.0 Å². The second-order valence-corrected chi connectivity index (χ2v) is 6.21. The normalized spacial score (nSPS) is 11.0. The second kappa shape index (κ2) is 6.15. The van der Waals surface area contributed by atoms with Gasteiger partial charge in [-0.2, -0.15) is 4.98 Å². The van der Waals surface area contributed by atoms with Crippen LogP contribution in [0.5, 0.6) is 0 Å². The molecule has 0 fully saturated rings. The number of carbonyl (C=O) groups is 1. The molecular formula is C15H15N3O3S. The first-order chi connectivity index (χ1) is 10.6. The maximum Gasteiger partial charge on any atom is 0.287 e. The van der Waals surface area contributed by atoms with E-state index in [2.05, 4.69) is 15.5 Å². The molecule has 0 unspecified atom stereocenters. The van der Waals surface area contributed by atoms with Crippen molar-refractivity contribution in [2.24, 2.45) is 0 Å². The minimum absolute atomic E-state index is 0.226. The maximum absolute atomic E-state index is 11.8. The van der Waals surface area contributed by atoms with Gasteiger partial charge in [-0.3, -0.25) is 4.79 Å². The van der Waals surface area contributed by atoms with Gasteiger partial charge in [-0.05, 0) is 24.3 Å². The van der Waals surface area contributed by atoms with E-state index >= 15 is 0 Å². The van der Waals surface area contributed by atoms with Gasteiger partial charge in [0.1, 0.15) is 0 Å². The Kier molecular flexibility index (Phi) is 4.06. The molecule has 3 heterocycles. The van der Waals surface area contributed by atoms with Crippen molar-refractivity contribution in [2.75, 3.05) is 0 Å². The number of furan rings is 1. The van der Waals surface area contributed by atoms with Crippen LogP contribution >= 0.6 is 11.3 Å². The highest BCUT2D eigenvalue weighted by atomic mass is 32.1. The van der Waals surface area contributed by atoms with Crippen LogP contribution in [0.15, 0.2) is 39.5 Å². The third-order valence-corrected chi connectivity index (χ3v) is 4.07. The predicted octanol–water partition coefficient (Wildman–Crippen LogP) is 3.44. The minimum Gasteiger partial charge on any atom is -0.459 e. The summed E-state index contributed by atoms with van der Waals surface area (Å²) in [5, 5.41) is 6.75. The van der Waals surface area contributed by atoms with Crippen LogP contribution in [0.25, 0.3) is 10.8 Å². The van der Waals surface area contributed by atoms with Crippen LogP contribution in [0.2, 0.25) is 0 Å². The van der Waals surface area contributed by atoms with Crippen molar-refractivity contribution >= 4 is 17.2 Å². The summed E-state index contributed by atoms with van der Waals surface area (Å²) in [6.07, 6.45) is 1.47. The number of amides is 1. The molecule has 0 radical (unpaired) electrons. The largest absolute Gasteiger partial charge is 0.459 e. The van der Waals surface area contributed by atoms with Gasteiger partial charge in [0, 0.05) is 10.8 Å². The third-order valence-electron chi connectivity index (χ3n) is 3.00. The highest BCUT2D eigenvalue weighted by Crippen LogP contribution is 2.27. The molecule has 1 amide bonds. The van der Waals surface area contributed by atoms with Gasteiger partial charge in [-0.25, -0.2) is 0 Å². The number of nitrogens with zero attached hydrogens (tertiary/aromatic N) is 2. The number of hydrogen-bond donors (Lipinski definition) is 1. The molecule has 3 rings (SSSR count). The number of carbonyl (C=O) groups excluding carboxylic acids is 1. The van der Waals surface area contributed by atoms with Gasteiger partial charge < -0.3 is 14.3 Å². The molecule has 3 aromatic rings. The number of aromatic nitrogens is 2. The summed E-state index contributed by atoms with van der Waals surface area (Å²) in [7, 11) is 0. The van der Waals surface area contributed by atoms with Gasteiger partial charge in [-0.15, -0.1) is 11.3 Å². The van der Waals surface area contributed by atoms with E-state index in [4.69, 9.17) is 8.94 Å². The predicted molar refractivity (Wildman–Crippen MR) is 81.6 cm³/mol. The molecule has 0 atom stereocenters. The van der Waals surface area contributed by atoms with E-state index in [-0.39, 0.29) is 11.8 Å². The average molecular weight is 317 g/mol. The van der Waals surface area contributed by atoms with E-state index < -0.39 is 0 Å². The summed E-state index contributed by atoms with van der Waals surface area (Å²) in [6.45, 7) is 4.45. The van der Waals surface area contributed by atoms with Crippen LogP contribution in [0.1, 0.15) is 41.0 Å². The smallest absolute Gasteiger partial charge is 0.287 e. The van der Waals surface area contributed by atoms with Gasteiger partial charge in [0.15, 0.2) is 11.6 Å². The maximum atomic E-state index is 11.8. The number of nitrogens with one attached hydrogen (secondary N) is 1. The van der Waals surface area contributed by atoms with Crippen LogP contribution in [0.3, 0.4) is 0 Å². The molecule has 0 saturated carbocycles. The molecule has 0 spiro atoms. The highest BCUT2D eigenvalue weighted by Gasteiger charge is 2.14. The quantitative estimate of drug-likeness (QED) is 0.779. The number of thiophene rings is 1. The summed E-state index contributed by atoms with van der Waals surface area (Å²) in [6, 6.07) is 7.15. The number of hydrogen-bond acceptors (Lipinski definition) is 6. The summed E-state index contributed by atoms with van der Waals surface area (Å²) < 4.78 is 10.3. The van der Waals surface area contributed by atoms with Crippen molar-refractivity contribution in [1.29, 1.82) is 0 Å². The standard InChI is InChI=1S/C15H15N3O3S/c1-9(2)13-17-15(21-18-13)12-6-5-10(22-12)8-16-14(19)11-4-3-7-20-11/h3-7,9H,8H2,1-2H3,(H,16,19). The van der Waals surface area contributed by atoms with Crippen molar-refractivity contribution in [3.8, 4) is 10.8 Å². The molecule has 0 aliphatic heterocycles. The first-order valence-corrected chi connectivity index (χ1v) is 7.69. The fourth-order valence-electron chi connectivity index (χ4n) is 1.82. The fourth-order valence-corrected chi connectivity index (χ4v) is 2.69. The SMILES string of the molecule is CC(C)c1noc(-c2ccc(CNC(=O)c3ccco3)s2)n1. The Morgan fingerprint density at radius 3 is 2.91 bits per heavy atom. The van der Waals surface area contributed by atoms with Crippen LogP contribution < -0.4 is 5.32 Å². The molecule has 0 aliphatic rings. The van der Waals surface area contributed by atoms with E-state index in [9.17, 15) is 4.79 Å². The molecule has 1 N–H and O–H groups in total. The molecule has 3 aromatic heterocycles. The minimum atomic E-state index is -0.236. The van der Waals surface area contributed by atoms with E-state index in [1.165, 1.54) is 17.6 Å². The average Bonchev–Trinajstić information content (AvgIpc) is 3.23. The summed E-state index contributed by atoms with van der Waals surface area (Å²) in [5.41, 5.74) is 0. The Morgan fingerprint density at radius 1 is 1.36 bits per heavy atom. The zero-order valence-electron chi connectivity index (χ0n) is 12.2. The fraction of sp³-hybridized carbons (Fsp3) is 0.267. The molecule has 0 aliphatic carbocycles. The van der Waals surface area contributed by atoms with Crippen LogP contribution in [0, 0.1) is 0 Å². The summed E-state index contributed by atoms with van der Waals surface area (Å²) in [4.78, 5) is 18.0. The Morgan fingerprint density at radius 2 is 2.23 bits per heavy atom. The zero-order chi connectivity index (χ0) is 15.5. The van der Waals surface area contributed by atoms with Crippen LogP contribution in [-0.4, -0.2) is 16.0 Å². The first kappa shape index (κ1) is 14.5. The molecular weight excluding hydrogens is 302 g/mol. The summed E-state index contributed by atoms with van der Waals surface area (Å²) >= 11 is 1.51. The van der Waals surface area contributed by atoms with Crippen molar-refractivity contribution in [3.63, 3.8) is 0 Å². The van der Waals surface area contributed by atoms with Gasteiger partial charge in [0.05, 0.1) is 17.7 Å². The highest BCUT2D eigenvalue weighted by molar-refractivity contribution is 7.15. The second-order valence-electron chi connectivity index (χ2n) is 5.04. The van der Waals surface area contributed by atoms with E-state index in [1.807, 2.05) is 26.0 Å². The van der Waals surface area contributed by atoms with E-state index in [1.54, 1.807) is 12.1 Å². The first-order valence-electron chi connectivity index (χ1n) is 6.88. The molecule has 0 aromatic carbocycles. The Balaban J connectivity index is 1.64. The molecule has 6 nitrogen and oxygen atoms in total. The monoisotopic (exact) mass is 317 g/mol. The number of rotatable bonds is 5. The lowest BCUT2D eigenvalue weighted by Gasteiger charge is -1.99. The lowest BCUT2D eigenvalue weighted by molar-refractivity contribution is 0.0923. The van der Waals surface area contributed by atoms with Crippen molar-refractivity contribution in [1.82, 2.24) is 15.5 Å². The van der Waals surface area contributed by atoms with Crippen LogP contribution in [-0.2, 0) is 6.54 Å². The third kappa shape index (κ3) is 3.09.